The predicted octanol–water partition coefficient (Wildman–Crippen LogP) is 3.55. The average molecular weight is 348 g/mol. The lowest BCUT2D eigenvalue weighted by atomic mass is 9.97. The molecule has 6 nitrogen and oxygen atoms in total. The fraction of sp³-hybridized carbons (Fsp3) is 0. The van der Waals surface area contributed by atoms with Crippen LogP contribution in [-0.4, -0.2) is 32.1 Å². The van der Waals surface area contributed by atoms with Crippen molar-refractivity contribution in [2.45, 2.75) is 0 Å². The van der Waals surface area contributed by atoms with E-state index in [-0.39, 0.29) is 11.5 Å². The first kappa shape index (κ1) is 17.0. The second-order valence-corrected chi connectivity index (χ2v) is 5.57. The minimum absolute atomic E-state index is 0.124. The van der Waals surface area contributed by atoms with Crippen LogP contribution in [-0.2, 0) is 0 Å². The zero-order valence-corrected chi connectivity index (χ0v) is 13.6. The molecule has 0 bridgehead atoms. The molecular formula is C20H16N2O4. The summed E-state index contributed by atoms with van der Waals surface area (Å²) in [5.41, 5.74) is 3.31. The van der Waals surface area contributed by atoms with Crippen molar-refractivity contribution in [2.75, 3.05) is 0 Å². The van der Waals surface area contributed by atoms with E-state index < -0.39 is 0 Å². The number of benzene rings is 3. The molecule has 4 N–H and O–H groups in total. The Morgan fingerprint density at radius 1 is 0.462 bits per heavy atom. The molecule has 0 radical (unpaired) electrons. The van der Waals surface area contributed by atoms with E-state index in [0.29, 0.717) is 33.7 Å². The van der Waals surface area contributed by atoms with Crippen LogP contribution in [0.4, 0.5) is 0 Å². The summed E-state index contributed by atoms with van der Waals surface area (Å²) in [5, 5.41) is 44.2. The van der Waals surface area contributed by atoms with Crippen molar-refractivity contribution in [3.63, 3.8) is 0 Å². The fourth-order valence-corrected chi connectivity index (χ4v) is 2.59. The molecule has 0 aliphatic heterocycles. The average Bonchev–Trinajstić information content (AvgIpc) is 2.67. The molecule has 0 heterocycles. The molecule has 130 valence electrons. The lowest BCUT2D eigenvalue weighted by molar-refractivity contribution is 0.319. The van der Waals surface area contributed by atoms with Gasteiger partial charge < -0.3 is 20.6 Å². The Hall–Kier alpha value is -3.80. The summed E-state index contributed by atoms with van der Waals surface area (Å²) >= 11 is 0. The molecule has 0 saturated carbocycles. The molecule has 3 aromatic carbocycles. The number of oxime groups is 2. The lowest BCUT2D eigenvalue weighted by Crippen LogP contribution is -2.06. The first-order valence-corrected chi connectivity index (χ1v) is 7.76. The van der Waals surface area contributed by atoms with Crippen LogP contribution in [0.3, 0.4) is 0 Å². The van der Waals surface area contributed by atoms with Crippen LogP contribution in [0.25, 0.3) is 0 Å². The van der Waals surface area contributed by atoms with Gasteiger partial charge in [-0.05, 0) is 48.5 Å². The van der Waals surface area contributed by atoms with Gasteiger partial charge in [-0.25, -0.2) is 0 Å². The SMILES string of the molecule is O/N=C(\c1ccc(O)cc1)c1ccc(/C(=N\O)c2ccc(O)cc2)cc1. The highest BCUT2D eigenvalue weighted by molar-refractivity contribution is 6.15. The largest absolute Gasteiger partial charge is 0.508 e. The van der Waals surface area contributed by atoms with Crippen LogP contribution in [0.5, 0.6) is 11.5 Å². The third-order valence-electron chi connectivity index (χ3n) is 3.91. The molecule has 0 atom stereocenters. The summed E-state index contributed by atoms with van der Waals surface area (Å²) in [6.45, 7) is 0. The smallest absolute Gasteiger partial charge is 0.117 e. The van der Waals surface area contributed by atoms with Crippen molar-refractivity contribution in [1.29, 1.82) is 0 Å². The fourth-order valence-electron chi connectivity index (χ4n) is 2.59. The number of phenolic OH excluding ortho intramolecular Hbond substituents is 2. The normalized spacial score (nSPS) is 12.2. The van der Waals surface area contributed by atoms with Crippen molar-refractivity contribution in [3.8, 4) is 11.5 Å². The molecule has 6 heteroatoms. The number of rotatable bonds is 4. The number of phenols is 2. The maximum absolute atomic E-state index is 9.38. The van der Waals surface area contributed by atoms with E-state index >= 15 is 0 Å². The monoisotopic (exact) mass is 348 g/mol. The molecule has 0 aliphatic carbocycles. The highest BCUT2D eigenvalue weighted by atomic mass is 16.4. The van der Waals surface area contributed by atoms with Gasteiger partial charge in [0.15, 0.2) is 0 Å². The van der Waals surface area contributed by atoms with Crippen LogP contribution in [0.1, 0.15) is 22.3 Å². The van der Waals surface area contributed by atoms with Crippen LogP contribution in [0, 0.1) is 0 Å². The van der Waals surface area contributed by atoms with Crippen LogP contribution < -0.4 is 0 Å². The zero-order valence-electron chi connectivity index (χ0n) is 13.6. The quantitative estimate of drug-likeness (QED) is 0.329. The van der Waals surface area contributed by atoms with Crippen molar-refractivity contribution < 1.29 is 20.6 Å². The number of nitrogens with zero attached hydrogens (tertiary/aromatic N) is 2. The number of hydrogen-bond acceptors (Lipinski definition) is 6. The van der Waals surface area contributed by atoms with E-state index in [2.05, 4.69) is 10.3 Å². The van der Waals surface area contributed by atoms with Crippen LogP contribution in [0.15, 0.2) is 83.1 Å². The summed E-state index contributed by atoms with van der Waals surface area (Å²) < 4.78 is 0. The van der Waals surface area contributed by atoms with Gasteiger partial charge >= 0.3 is 0 Å². The molecule has 0 fully saturated rings. The van der Waals surface area contributed by atoms with Gasteiger partial charge in [0.05, 0.1) is 0 Å². The Morgan fingerprint density at radius 2 is 0.692 bits per heavy atom. The second kappa shape index (κ2) is 7.40. The molecule has 3 aromatic rings. The van der Waals surface area contributed by atoms with Crippen molar-refractivity contribution in [3.05, 3.63) is 95.1 Å². The maximum atomic E-state index is 9.38. The van der Waals surface area contributed by atoms with E-state index in [0.717, 1.165) is 0 Å². The molecule has 0 spiro atoms. The second-order valence-electron chi connectivity index (χ2n) is 5.57. The van der Waals surface area contributed by atoms with Crippen molar-refractivity contribution >= 4 is 11.4 Å². The third kappa shape index (κ3) is 3.49. The summed E-state index contributed by atoms with van der Waals surface area (Å²) in [4.78, 5) is 0. The lowest BCUT2D eigenvalue weighted by Gasteiger charge is -2.08. The van der Waals surface area contributed by atoms with Gasteiger partial charge in [0, 0.05) is 22.3 Å². The van der Waals surface area contributed by atoms with E-state index in [9.17, 15) is 20.6 Å². The van der Waals surface area contributed by atoms with E-state index in [1.165, 1.54) is 24.3 Å². The zero-order chi connectivity index (χ0) is 18.5. The molecule has 0 saturated heterocycles. The summed E-state index contributed by atoms with van der Waals surface area (Å²) in [5.74, 6) is 0.248. The third-order valence-corrected chi connectivity index (χ3v) is 3.91. The minimum atomic E-state index is 0.124. The molecule has 0 aromatic heterocycles. The topological polar surface area (TPSA) is 106 Å². The van der Waals surface area contributed by atoms with Gasteiger partial charge in [-0.2, -0.15) is 0 Å². The summed E-state index contributed by atoms with van der Waals surface area (Å²) in [6.07, 6.45) is 0. The van der Waals surface area contributed by atoms with Crippen molar-refractivity contribution in [2.24, 2.45) is 10.3 Å². The number of hydrogen-bond donors (Lipinski definition) is 4. The standard InChI is InChI=1S/C20H16N2O4/c23-17-9-5-15(6-10-17)19(21-25)13-1-2-14(4-3-13)20(22-26)16-7-11-18(24)12-8-16/h1-12,23-26H/b21-19-,22-20+. The van der Waals surface area contributed by atoms with Gasteiger partial charge in [-0.3, -0.25) is 0 Å². The van der Waals surface area contributed by atoms with E-state index in [4.69, 9.17) is 0 Å². The van der Waals surface area contributed by atoms with Crippen LogP contribution >= 0.6 is 0 Å². The molecular weight excluding hydrogens is 332 g/mol. The molecule has 0 unspecified atom stereocenters. The Kier molecular flexibility index (Phi) is 4.85. The van der Waals surface area contributed by atoms with Crippen molar-refractivity contribution in [1.82, 2.24) is 0 Å². The Balaban J connectivity index is 1.92. The van der Waals surface area contributed by atoms with E-state index in [1.807, 2.05) is 0 Å². The maximum Gasteiger partial charge on any atom is 0.117 e. The molecule has 0 amide bonds. The van der Waals surface area contributed by atoms with Crippen LogP contribution in [0.2, 0.25) is 0 Å². The van der Waals surface area contributed by atoms with Gasteiger partial charge in [0.25, 0.3) is 0 Å². The first-order chi connectivity index (χ1) is 12.6. The number of aromatic hydroxyl groups is 2. The highest BCUT2D eigenvalue weighted by Crippen LogP contribution is 2.18. The summed E-state index contributed by atoms with van der Waals surface area (Å²) in [7, 11) is 0. The molecule has 3 rings (SSSR count). The van der Waals surface area contributed by atoms with Gasteiger partial charge in [-0.15, -0.1) is 0 Å². The van der Waals surface area contributed by atoms with Gasteiger partial charge in [0.2, 0.25) is 0 Å². The minimum Gasteiger partial charge on any atom is -0.508 e. The van der Waals surface area contributed by atoms with Gasteiger partial charge in [-0.1, -0.05) is 34.6 Å². The molecule has 0 aliphatic rings. The Bertz CT molecular complexity index is 864. The Labute approximate surface area is 149 Å². The van der Waals surface area contributed by atoms with Gasteiger partial charge in [0.1, 0.15) is 22.9 Å². The predicted molar refractivity (Wildman–Crippen MR) is 97.5 cm³/mol. The van der Waals surface area contributed by atoms with E-state index in [1.54, 1.807) is 48.5 Å². The Morgan fingerprint density at radius 3 is 0.923 bits per heavy atom. The summed E-state index contributed by atoms with van der Waals surface area (Å²) in [6, 6.07) is 19.6. The molecule has 26 heavy (non-hydrogen) atoms. The highest BCUT2D eigenvalue weighted by Gasteiger charge is 2.11. The first-order valence-electron chi connectivity index (χ1n) is 7.76.